The van der Waals surface area contributed by atoms with Gasteiger partial charge in [0.05, 0.1) is 18.5 Å². The van der Waals surface area contributed by atoms with E-state index in [1.54, 1.807) is 15.6 Å². The van der Waals surface area contributed by atoms with Gasteiger partial charge in [-0.15, -0.1) is 0 Å². The molecule has 1 fully saturated rings. The maximum absolute atomic E-state index is 13.8. The normalized spacial score (nSPS) is 15.7. The van der Waals surface area contributed by atoms with Gasteiger partial charge in [0, 0.05) is 24.7 Å². The van der Waals surface area contributed by atoms with Crippen LogP contribution in [0.15, 0.2) is 37.2 Å². The molecule has 30 heavy (non-hydrogen) atoms. The van der Waals surface area contributed by atoms with Crippen molar-refractivity contribution in [1.29, 1.82) is 0 Å². The van der Waals surface area contributed by atoms with Crippen molar-refractivity contribution in [3.05, 3.63) is 54.3 Å². The molecule has 0 radical (unpaired) electrons. The zero-order chi connectivity index (χ0) is 21.3. The molecule has 3 heterocycles. The van der Waals surface area contributed by atoms with Crippen molar-refractivity contribution in [2.45, 2.75) is 12.5 Å². The molecule has 0 bridgehead atoms. The minimum absolute atomic E-state index is 0.0736. The topological polar surface area (TPSA) is 99.2 Å². The first-order valence-corrected chi connectivity index (χ1v) is 9.26. The highest BCUT2D eigenvalue weighted by molar-refractivity contribution is 5.91. The first kappa shape index (κ1) is 19.4. The number of nitrogens with zero attached hydrogens (tertiary/aromatic N) is 5. The molecule has 1 aliphatic heterocycles. The number of halogens is 1. The van der Waals surface area contributed by atoms with Crippen LogP contribution in [-0.4, -0.2) is 50.8 Å². The van der Waals surface area contributed by atoms with Gasteiger partial charge in [0.15, 0.2) is 5.65 Å². The summed E-state index contributed by atoms with van der Waals surface area (Å²) in [5, 5.41) is 5.13. The fourth-order valence-electron chi connectivity index (χ4n) is 3.49. The van der Waals surface area contributed by atoms with Gasteiger partial charge in [-0.25, -0.2) is 19.0 Å². The molecule has 152 valence electrons. The monoisotopic (exact) mass is 406 g/mol. The van der Waals surface area contributed by atoms with Crippen molar-refractivity contribution < 1.29 is 13.9 Å². The van der Waals surface area contributed by atoms with Crippen LogP contribution in [0.25, 0.3) is 11.0 Å². The number of amides is 1. The number of ether oxygens (including phenoxy) is 1. The summed E-state index contributed by atoms with van der Waals surface area (Å²) >= 11 is 0. The Morgan fingerprint density at radius 2 is 2.20 bits per heavy atom. The van der Waals surface area contributed by atoms with Crippen molar-refractivity contribution in [1.82, 2.24) is 24.6 Å². The Balaban J connectivity index is 1.75. The number of fused-ring (bicyclic) bond motifs is 1. The van der Waals surface area contributed by atoms with Crippen LogP contribution in [0.3, 0.4) is 0 Å². The first-order chi connectivity index (χ1) is 14.5. The lowest BCUT2D eigenvalue weighted by molar-refractivity contribution is -0.125. The molecule has 3 aromatic rings. The standard InChI is InChI=1S/C21H19FN6O2/c1-3-18(29)27-7-6-15(11-27)28-21-19(20(23)24-12-25-21)17(26-28)5-4-13-8-14(22)10-16(9-13)30-2/h3,8-10,12,15H,1,6-7,11H2,2H3,(H2,23,24,25)/t15-/m0/s1. The number of likely N-dealkylation sites (tertiary alicyclic amines) is 1. The number of hydrogen-bond donors (Lipinski definition) is 1. The fourth-order valence-corrected chi connectivity index (χ4v) is 3.49. The quantitative estimate of drug-likeness (QED) is 0.527. The number of hydrogen-bond acceptors (Lipinski definition) is 6. The number of rotatable bonds is 3. The molecule has 1 atom stereocenters. The molecular weight excluding hydrogens is 387 g/mol. The SMILES string of the molecule is C=CC(=O)N1CC[C@H](n2nc(C#Cc3cc(F)cc(OC)c3)c3c(N)ncnc32)C1. The second-order valence-electron chi connectivity index (χ2n) is 6.81. The van der Waals surface area contributed by atoms with Crippen LogP contribution in [0.5, 0.6) is 5.75 Å². The third-order valence-electron chi connectivity index (χ3n) is 4.95. The number of carbonyl (C=O) groups is 1. The Morgan fingerprint density at radius 3 is 2.97 bits per heavy atom. The summed E-state index contributed by atoms with van der Waals surface area (Å²) in [4.78, 5) is 22.0. The van der Waals surface area contributed by atoms with Gasteiger partial charge in [-0.2, -0.15) is 5.10 Å². The van der Waals surface area contributed by atoms with Crippen molar-refractivity contribution in [3.63, 3.8) is 0 Å². The predicted molar refractivity (Wildman–Crippen MR) is 109 cm³/mol. The Morgan fingerprint density at radius 1 is 1.37 bits per heavy atom. The first-order valence-electron chi connectivity index (χ1n) is 9.26. The summed E-state index contributed by atoms with van der Waals surface area (Å²) in [7, 11) is 1.46. The average Bonchev–Trinajstić information content (AvgIpc) is 3.37. The molecule has 4 rings (SSSR count). The van der Waals surface area contributed by atoms with Gasteiger partial charge in [-0.05, 0) is 30.6 Å². The molecule has 1 saturated heterocycles. The molecule has 1 amide bonds. The number of anilines is 1. The van der Waals surface area contributed by atoms with Gasteiger partial charge >= 0.3 is 0 Å². The maximum atomic E-state index is 13.8. The van der Waals surface area contributed by atoms with Crippen molar-refractivity contribution >= 4 is 22.8 Å². The number of benzene rings is 1. The van der Waals surface area contributed by atoms with Gasteiger partial charge in [-0.3, -0.25) is 4.79 Å². The second-order valence-corrected chi connectivity index (χ2v) is 6.81. The zero-order valence-corrected chi connectivity index (χ0v) is 16.3. The second kappa shape index (κ2) is 7.83. The smallest absolute Gasteiger partial charge is 0.246 e. The lowest BCUT2D eigenvalue weighted by Crippen LogP contribution is -2.27. The Bertz CT molecular complexity index is 1210. The minimum atomic E-state index is -0.449. The van der Waals surface area contributed by atoms with E-state index in [0.29, 0.717) is 47.6 Å². The fraction of sp³-hybridized carbons (Fsp3) is 0.238. The molecular formula is C21H19FN6O2. The molecule has 2 N–H and O–H groups in total. The van der Waals surface area contributed by atoms with E-state index in [-0.39, 0.29) is 17.8 Å². The summed E-state index contributed by atoms with van der Waals surface area (Å²) < 4.78 is 20.6. The lowest BCUT2D eigenvalue weighted by Gasteiger charge is -2.14. The molecule has 1 aromatic carbocycles. The van der Waals surface area contributed by atoms with E-state index in [2.05, 4.69) is 33.5 Å². The highest BCUT2D eigenvalue weighted by atomic mass is 19.1. The molecule has 0 unspecified atom stereocenters. The maximum Gasteiger partial charge on any atom is 0.246 e. The Hall–Kier alpha value is -3.93. The molecule has 0 spiro atoms. The van der Waals surface area contributed by atoms with Gasteiger partial charge < -0.3 is 15.4 Å². The van der Waals surface area contributed by atoms with Gasteiger partial charge in [0.1, 0.15) is 29.4 Å². The van der Waals surface area contributed by atoms with Gasteiger partial charge in [-0.1, -0.05) is 12.5 Å². The Labute approximate surface area is 172 Å². The summed E-state index contributed by atoms with van der Waals surface area (Å²) in [5.41, 5.74) is 7.45. The van der Waals surface area contributed by atoms with Crippen molar-refractivity contribution in [3.8, 4) is 17.6 Å². The highest BCUT2D eigenvalue weighted by Crippen LogP contribution is 2.28. The zero-order valence-electron chi connectivity index (χ0n) is 16.3. The van der Waals surface area contributed by atoms with Crippen molar-refractivity contribution in [2.75, 3.05) is 25.9 Å². The van der Waals surface area contributed by atoms with Gasteiger partial charge in [0.25, 0.3) is 0 Å². The molecule has 1 aliphatic rings. The third-order valence-corrected chi connectivity index (χ3v) is 4.95. The summed E-state index contributed by atoms with van der Waals surface area (Å²) in [6.45, 7) is 4.62. The summed E-state index contributed by atoms with van der Waals surface area (Å²) in [6.07, 6.45) is 3.38. The van der Waals surface area contributed by atoms with E-state index in [4.69, 9.17) is 10.5 Å². The number of nitrogen functional groups attached to an aromatic ring is 1. The van der Waals surface area contributed by atoms with Gasteiger partial charge in [0.2, 0.25) is 5.91 Å². The molecule has 8 nitrogen and oxygen atoms in total. The van der Waals surface area contributed by atoms with E-state index in [1.807, 2.05) is 0 Å². The molecule has 2 aromatic heterocycles. The van der Waals surface area contributed by atoms with E-state index in [0.717, 1.165) is 0 Å². The van der Waals surface area contributed by atoms with Crippen molar-refractivity contribution in [2.24, 2.45) is 0 Å². The van der Waals surface area contributed by atoms with Crippen LogP contribution in [-0.2, 0) is 4.79 Å². The highest BCUT2D eigenvalue weighted by Gasteiger charge is 2.29. The van der Waals surface area contributed by atoms with Crippen LogP contribution in [0, 0.1) is 17.7 Å². The largest absolute Gasteiger partial charge is 0.497 e. The van der Waals surface area contributed by atoms with Crippen LogP contribution < -0.4 is 10.5 Å². The average molecular weight is 406 g/mol. The van der Waals surface area contributed by atoms with Crippen LogP contribution >= 0.6 is 0 Å². The van der Waals surface area contributed by atoms with Crippen LogP contribution in [0.2, 0.25) is 0 Å². The van der Waals surface area contributed by atoms with E-state index >= 15 is 0 Å². The molecule has 9 heteroatoms. The number of methoxy groups -OCH3 is 1. The number of carbonyl (C=O) groups excluding carboxylic acids is 1. The molecule has 0 saturated carbocycles. The summed E-state index contributed by atoms with van der Waals surface area (Å²) in [5.74, 6) is 5.91. The third kappa shape index (κ3) is 3.55. The van der Waals surface area contributed by atoms with Crippen LogP contribution in [0.4, 0.5) is 10.2 Å². The van der Waals surface area contributed by atoms with Crippen LogP contribution in [0.1, 0.15) is 23.7 Å². The predicted octanol–water partition coefficient (Wildman–Crippen LogP) is 1.92. The van der Waals surface area contributed by atoms with E-state index in [9.17, 15) is 9.18 Å². The summed E-state index contributed by atoms with van der Waals surface area (Å²) in [6, 6.07) is 4.14. The van der Waals surface area contributed by atoms with E-state index < -0.39 is 5.82 Å². The molecule has 0 aliphatic carbocycles. The minimum Gasteiger partial charge on any atom is -0.497 e. The number of nitrogens with two attached hydrogens (primary N) is 1. The Kier molecular flexibility index (Phi) is 5.06. The van der Waals surface area contributed by atoms with E-state index in [1.165, 1.54) is 31.6 Å². The lowest BCUT2D eigenvalue weighted by atomic mass is 10.2. The number of aromatic nitrogens is 4.